The Balaban J connectivity index is 1.56. The van der Waals surface area contributed by atoms with Crippen LogP contribution in [0.15, 0.2) is 47.6 Å². The lowest BCUT2D eigenvalue weighted by atomic mass is 10.1. The molecule has 4 rings (SSSR count). The largest absolute Gasteiger partial charge is 0.492 e. The Morgan fingerprint density at radius 3 is 2.85 bits per heavy atom. The van der Waals surface area contributed by atoms with Gasteiger partial charge in [-0.3, -0.25) is 0 Å². The Morgan fingerprint density at radius 2 is 2.04 bits per heavy atom. The number of hydrogen-bond donors (Lipinski definition) is 3. The van der Waals surface area contributed by atoms with Crippen molar-refractivity contribution >= 4 is 29.6 Å². The van der Waals surface area contributed by atoms with Crippen molar-refractivity contribution < 1.29 is 9.50 Å². The van der Waals surface area contributed by atoms with E-state index >= 15 is 0 Å². The maximum Gasteiger partial charge on any atom is 0.238 e. The average molecular weight is 349 g/mol. The summed E-state index contributed by atoms with van der Waals surface area (Å²) in [5.74, 6) is 0.684. The van der Waals surface area contributed by atoms with Crippen LogP contribution in [0, 0.1) is 5.82 Å². The van der Waals surface area contributed by atoms with Gasteiger partial charge in [0.15, 0.2) is 5.82 Å². The van der Waals surface area contributed by atoms with Crippen molar-refractivity contribution in [2.45, 2.75) is 13.0 Å². The van der Waals surface area contributed by atoms with E-state index < -0.39 is 0 Å². The topological polar surface area (TPSA) is 86.2 Å². The van der Waals surface area contributed by atoms with Gasteiger partial charge < -0.3 is 15.4 Å². The molecule has 1 aliphatic rings. The fourth-order valence-electron chi connectivity index (χ4n) is 2.78. The lowest BCUT2D eigenvalue weighted by Gasteiger charge is -2.13. The summed E-state index contributed by atoms with van der Waals surface area (Å²) in [5, 5.41) is 13.3. The van der Waals surface area contributed by atoms with E-state index in [1.807, 2.05) is 19.1 Å². The van der Waals surface area contributed by atoms with Crippen molar-refractivity contribution in [2.24, 2.45) is 4.99 Å². The molecule has 3 aromatic rings. The highest BCUT2D eigenvalue weighted by Crippen LogP contribution is 2.32. The number of halogens is 1. The Morgan fingerprint density at radius 1 is 1.23 bits per heavy atom. The number of hydrogen-bond acceptors (Lipinski definition) is 5. The summed E-state index contributed by atoms with van der Waals surface area (Å²) in [5.41, 5.74) is 3.11. The van der Waals surface area contributed by atoms with Gasteiger partial charge in [0.2, 0.25) is 11.8 Å². The van der Waals surface area contributed by atoms with Crippen LogP contribution >= 0.6 is 0 Å². The van der Waals surface area contributed by atoms with Crippen LogP contribution in [0.3, 0.4) is 0 Å². The van der Waals surface area contributed by atoms with Gasteiger partial charge in [-0.25, -0.2) is 14.4 Å². The predicted octanol–water partition coefficient (Wildman–Crippen LogP) is 4.08. The van der Waals surface area contributed by atoms with Crippen LogP contribution in [0.1, 0.15) is 29.8 Å². The third-order valence-electron chi connectivity index (χ3n) is 4.16. The molecule has 130 valence electrons. The third-order valence-corrected chi connectivity index (χ3v) is 4.16. The monoisotopic (exact) mass is 349 g/mol. The number of anilines is 1. The number of aromatic hydroxyl groups is 1. The lowest BCUT2D eigenvalue weighted by molar-refractivity contribution is 0.455. The zero-order chi connectivity index (χ0) is 18.1. The zero-order valence-corrected chi connectivity index (χ0v) is 13.9. The molecule has 0 aliphatic carbocycles. The smallest absolute Gasteiger partial charge is 0.238 e. The highest BCUT2D eigenvalue weighted by atomic mass is 19.1. The molecule has 0 saturated carbocycles. The second kappa shape index (κ2) is 6.44. The first kappa shape index (κ1) is 16.0. The molecule has 0 radical (unpaired) electrons. The van der Waals surface area contributed by atoms with Crippen molar-refractivity contribution in [3.63, 3.8) is 0 Å². The summed E-state index contributed by atoms with van der Waals surface area (Å²) in [6.45, 7) is 1.93. The van der Waals surface area contributed by atoms with Crippen LogP contribution in [0.5, 0.6) is 5.88 Å². The van der Waals surface area contributed by atoms with E-state index in [1.165, 1.54) is 12.1 Å². The highest BCUT2D eigenvalue weighted by molar-refractivity contribution is 6.20. The van der Waals surface area contributed by atoms with Gasteiger partial charge in [-0.15, -0.1) is 0 Å². The van der Waals surface area contributed by atoms with Gasteiger partial charge in [-0.05, 0) is 42.8 Å². The number of H-pyrrole nitrogens is 1. The molecule has 0 bridgehead atoms. The molecule has 1 aromatic carbocycles. The molecule has 6 nitrogen and oxygen atoms in total. The zero-order valence-electron chi connectivity index (χ0n) is 13.9. The SMILES string of the molecule is CC(Nc1nc(O)c(/C=C2\C=Nc3ncccc32)[nH]1)c1ccc(F)cc1. The summed E-state index contributed by atoms with van der Waals surface area (Å²) in [4.78, 5) is 15.6. The van der Waals surface area contributed by atoms with E-state index in [-0.39, 0.29) is 17.7 Å². The lowest BCUT2D eigenvalue weighted by Crippen LogP contribution is -2.07. The van der Waals surface area contributed by atoms with Crippen molar-refractivity contribution in [2.75, 3.05) is 5.32 Å². The van der Waals surface area contributed by atoms with Crippen LogP contribution in [0.2, 0.25) is 0 Å². The van der Waals surface area contributed by atoms with Gasteiger partial charge in [-0.1, -0.05) is 12.1 Å². The van der Waals surface area contributed by atoms with Crippen LogP contribution < -0.4 is 5.32 Å². The van der Waals surface area contributed by atoms with Gasteiger partial charge in [-0.2, -0.15) is 4.98 Å². The number of aromatic nitrogens is 3. The number of allylic oxidation sites excluding steroid dienone is 1. The number of pyridine rings is 1. The van der Waals surface area contributed by atoms with Crippen LogP contribution in [0.25, 0.3) is 11.6 Å². The van der Waals surface area contributed by atoms with Crippen molar-refractivity contribution in [1.29, 1.82) is 0 Å². The van der Waals surface area contributed by atoms with Gasteiger partial charge in [0.25, 0.3) is 0 Å². The van der Waals surface area contributed by atoms with Crippen LogP contribution in [-0.4, -0.2) is 26.3 Å². The summed E-state index contributed by atoms with van der Waals surface area (Å²) < 4.78 is 13.0. The molecular weight excluding hydrogens is 333 g/mol. The number of benzene rings is 1. The molecule has 3 heterocycles. The fraction of sp³-hybridized carbons (Fsp3) is 0.105. The first-order chi connectivity index (χ1) is 12.6. The number of nitrogens with zero attached hydrogens (tertiary/aromatic N) is 3. The van der Waals surface area contributed by atoms with Crippen LogP contribution in [-0.2, 0) is 0 Å². The Kier molecular flexibility index (Phi) is 3.96. The number of imidazole rings is 1. The quantitative estimate of drug-likeness (QED) is 0.662. The van der Waals surface area contributed by atoms with Gasteiger partial charge in [0, 0.05) is 23.5 Å². The molecular formula is C19H16FN5O. The number of fused-ring (bicyclic) bond motifs is 1. The first-order valence-electron chi connectivity index (χ1n) is 8.12. The van der Waals surface area contributed by atoms with E-state index in [0.717, 1.165) is 16.7 Å². The minimum atomic E-state index is -0.279. The number of aliphatic imine (C=N–C) groups is 1. The van der Waals surface area contributed by atoms with Gasteiger partial charge >= 0.3 is 0 Å². The van der Waals surface area contributed by atoms with E-state index in [2.05, 4.69) is 25.3 Å². The summed E-state index contributed by atoms with van der Waals surface area (Å²) in [6, 6.07) is 9.88. The Labute approximate surface area is 149 Å². The fourth-order valence-corrected chi connectivity index (χ4v) is 2.78. The predicted molar refractivity (Wildman–Crippen MR) is 99.0 cm³/mol. The van der Waals surface area contributed by atoms with E-state index in [4.69, 9.17) is 0 Å². The standard InChI is InChI=1S/C19H16FN5O/c1-11(12-4-6-14(20)7-5-12)23-19-24-16(18(26)25-19)9-13-10-22-17-15(13)3-2-8-21-17/h2-11,26H,1H3,(H2,23,24,25)/b13-9+. The molecule has 3 N–H and O–H groups in total. The van der Waals surface area contributed by atoms with Gasteiger partial charge in [0.1, 0.15) is 11.5 Å². The molecule has 0 spiro atoms. The molecule has 1 aliphatic heterocycles. The molecule has 2 aromatic heterocycles. The molecule has 26 heavy (non-hydrogen) atoms. The van der Waals surface area contributed by atoms with Crippen molar-refractivity contribution in [1.82, 2.24) is 15.0 Å². The second-order valence-electron chi connectivity index (χ2n) is 5.97. The van der Waals surface area contributed by atoms with E-state index in [1.54, 1.807) is 30.6 Å². The van der Waals surface area contributed by atoms with Crippen molar-refractivity contribution in [3.05, 3.63) is 65.2 Å². The number of nitrogens with one attached hydrogen (secondary N) is 2. The normalized spacial score (nSPS) is 15.2. The first-order valence-corrected chi connectivity index (χ1v) is 8.12. The Hall–Kier alpha value is -3.48. The molecule has 0 fully saturated rings. The minimum absolute atomic E-state index is 0.111. The molecule has 1 unspecified atom stereocenters. The minimum Gasteiger partial charge on any atom is -0.492 e. The highest BCUT2D eigenvalue weighted by Gasteiger charge is 2.16. The molecule has 7 heteroatoms. The summed E-state index contributed by atoms with van der Waals surface area (Å²) in [6.07, 6.45) is 5.16. The molecule has 0 saturated heterocycles. The molecule has 1 atom stereocenters. The Bertz CT molecular complexity index is 1010. The summed E-state index contributed by atoms with van der Waals surface area (Å²) >= 11 is 0. The number of aromatic amines is 1. The van der Waals surface area contributed by atoms with E-state index in [0.29, 0.717) is 17.5 Å². The average Bonchev–Trinajstić information content (AvgIpc) is 3.20. The molecule has 0 amide bonds. The van der Waals surface area contributed by atoms with Crippen LogP contribution in [0.4, 0.5) is 16.2 Å². The van der Waals surface area contributed by atoms with E-state index in [9.17, 15) is 9.50 Å². The van der Waals surface area contributed by atoms with Gasteiger partial charge in [0.05, 0.1) is 6.04 Å². The summed E-state index contributed by atoms with van der Waals surface area (Å²) in [7, 11) is 0. The maximum atomic E-state index is 13.0. The maximum absolute atomic E-state index is 13.0. The van der Waals surface area contributed by atoms with Crippen molar-refractivity contribution in [3.8, 4) is 5.88 Å². The second-order valence-corrected chi connectivity index (χ2v) is 5.97. The third kappa shape index (κ3) is 3.06. The number of rotatable bonds is 4.